The molecule has 3 nitrogen and oxygen atoms in total. The number of benzene rings is 2. The molecule has 0 aliphatic heterocycles. The quantitative estimate of drug-likeness (QED) is 0.724. The molecule has 0 bridgehead atoms. The summed E-state index contributed by atoms with van der Waals surface area (Å²) in [5.74, 6) is -0.248. The van der Waals surface area contributed by atoms with Crippen LogP contribution in [0.2, 0.25) is 0 Å². The van der Waals surface area contributed by atoms with Crippen molar-refractivity contribution in [3.8, 4) is 0 Å². The van der Waals surface area contributed by atoms with E-state index in [0.29, 0.717) is 28.7 Å². The summed E-state index contributed by atoms with van der Waals surface area (Å²) < 4.78 is 0. The van der Waals surface area contributed by atoms with Crippen molar-refractivity contribution in [1.29, 1.82) is 0 Å². The molecule has 20 heavy (non-hydrogen) atoms. The molecule has 0 saturated heterocycles. The molecule has 2 aromatic carbocycles. The molecule has 0 radical (unpaired) electrons. The lowest BCUT2D eigenvalue weighted by atomic mass is 9.81. The third-order valence-electron chi connectivity index (χ3n) is 3.48. The summed E-state index contributed by atoms with van der Waals surface area (Å²) in [7, 11) is 0. The molecule has 0 unspecified atom stereocenters. The number of carbonyl (C=O) groups excluding carboxylic acids is 2. The molecule has 2 aromatic rings. The zero-order valence-corrected chi connectivity index (χ0v) is 10.7. The molecule has 98 valence electrons. The highest BCUT2D eigenvalue weighted by molar-refractivity contribution is 6.28. The van der Waals surface area contributed by atoms with Crippen LogP contribution in [0.15, 0.2) is 54.8 Å². The van der Waals surface area contributed by atoms with Crippen LogP contribution in [0, 0.1) is 0 Å². The van der Waals surface area contributed by atoms with E-state index in [1.807, 2.05) is 0 Å². The van der Waals surface area contributed by atoms with Crippen LogP contribution in [0.4, 0.5) is 0 Å². The molecular formula is C17H12O3. The second kappa shape index (κ2) is 4.78. The summed E-state index contributed by atoms with van der Waals surface area (Å²) >= 11 is 0. The van der Waals surface area contributed by atoms with Gasteiger partial charge >= 0.3 is 0 Å². The van der Waals surface area contributed by atoms with Crippen molar-refractivity contribution in [2.24, 2.45) is 0 Å². The number of allylic oxidation sites excluding steroid dienone is 1. The first-order chi connectivity index (χ1) is 9.74. The lowest BCUT2D eigenvalue weighted by molar-refractivity contribution is 0.0978. The van der Waals surface area contributed by atoms with Gasteiger partial charge in [-0.05, 0) is 18.1 Å². The van der Waals surface area contributed by atoms with Crippen molar-refractivity contribution < 1.29 is 14.7 Å². The fourth-order valence-electron chi connectivity index (χ4n) is 2.57. The van der Waals surface area contributed by atoms with Crippen LogP contribution in [0.25, 0.3) is 0 Å². The van der Waals surface area contributed by atoms with Crippen LogP contribution in [-0.4, -0.2) is 16.7 Å². The van der Waals surface area contributed by atoms with Crippen LogP contribution in [0.5, 0.6) is 0 Å². The molecule has 1 N–H and O–H groups in total. The molecule has 0 atom stereocenters. The predicted octanol–water partition coefficient (Wildman–Crippen LogP) is 3.08. The van der Waals surface area contributed by atoms with Crippen LogP contribution in [0.1, 0.15) is 37.4 Å². The van der Waals surface area contributed by atoms with Crippen molar-refractivity contribution in [2.75, 3.05) is 0 Å². The van der Waals surface area contributed by atoms with E-state index in [2.05, 4.69) is 0 Å². The van der Waals surface area contributed by atoms with Crippen molar-refractivity contribution in [1.82, 2.24) is 0 Å². The first-order valence-electron chi connectivity index (χ1n) is 6.33. The lowest BCUT2D eigenvalue weighted by Crippen LogP contribution is -2.22. The molecule has 0 fully saturated rings. The highest BCUT2D eigenvalue weighted by atomic mass is 16.2. The van der Waals surface area contributed by atoms with E-state index in [-0.39, 0.29) is 11.6 Å². The van der Waals surface area contributed by atoms with Crippen molar-refractivity contribution in [3.63, 3.8) is 0 Å². The standard InChI is InChI=1S/C17H12O3/c18-10-4-6-11-5-3-9-14-15(11)17(20)13-8-2-1-7-12(13)16(14)19/h1-5,7-10,18H,6H2. The van der Waals surface area contributed by atoms with Crippen molar-refractivity contribution >= 4 is 11.6 Å². The monoisotopic (exact) mass is 264 g/mol. The van der Waals surface area contributed by atoms with E-state index in [9.17, 15) is 9.59 Å². The molecule has 1 aliphatic rings. The second-order valence-electron chi connectivity index (χ2n) is 4.63. The zero-order valence-electron chi connectivity index (χ0n) is 10.7. The number of fused-ring (bicyclic) bond motifs is 2. The number of carbonyl (C=O) groups is 2. The van der Waals surface area contributed by atoms with Gasteiger partial charge in [0, 0.05) is 22.3 Å². The average Bonchev–Trinajstić information content (AvgIpc) is 2.50. The molecule has 0 heterocycles. The minimum atomic E-state index is -0.128. The van der Waals surface area contributed by atoms with E-state index in [1.165, 1.54) is 0 Å². The van der Waals surface area contributed by atoms with Gasteiger partial charge in [-0.3, -0.25) is 9.59 Å². The molecule has 0 amide bonds. The number of hydrogen-bond acceptors (Lipinski definition) is 3. The second-order valence-corrected chi connectivity index (χ2v) is 4.63. The van der Waals surface area contributed by atoms with Crippen molar-refractivity contribution in [2.45, 2.75) is 6.42 Å². The molecule has 0 aromatic heterocycles. The smallest absolute Gasteiger partial charge is 0.194 e. The van der Waals surface area contributed by atoms with Gasteiger partial charge in [0.2, 0.25) is 0 Å². The largest absolute Gasteiger partial charge is 0.516 e. The number of hydrogen-bond donors (Lipinski definition) is 1. The summed E-state index contributed by atoms with van der Waals surface area (Å²) in [6, 6.07) is 12.1. The van der Waals surface area contributed by atoms with E-state index < -0.39 is 0 Å². The highest BCUT2D eigenvalue weighted by Gasteiger charge is 2.30. The van der Waals surface area contributed by atoms with Crippen LogP contribution < -0.4 is 0 Å². The van der Waals surface area contributed by atoms with E-state index >= 15 is 0 Å². The highest BCUT2D eigenvalue weighted by Crippen LogP contribution is 2.29. The first kappa shape index (κ1) is 12.4. The Morgan fingerprint density at radius 3 is 2.20 bits per heavy atom. The topological polar surface area (TPSA) is 54.4 Å². The minimum Gasteiger partial charge on any atom is -0.516 e. The Balaban J connectivity index is 2.23. The minimum absolute atomic E-state index is 0.120. The van der Waals surface area contributed by atoms with Gasteiger partial charge in [0.25, 0.3) is 0 Å². The summed E-state index contributed by atoms with van der Waals surface area (Å²) in [6.07, 6.45) is 2.91. The normalized spacial score (nSPS) is 13.4. The van der Waals surface area contributed by atoms with Gasteiger partial charge in [-0.15, -0.1) is 0 Å². The van der Waals surface area contributed by atoms with Crippen molar-refractivity contribution in [3.05, 3.63) is 82.6 Å². The maximum absolute atomic E-state index is 12.6. The maximum atomic E-state index is 12.6. The van der Waals surface area contributed by atoms with E-state index in [1.54, 1.807) is 48.5 Å². The van der Waals surface area contributed by atoms with Gasteiger partial charge in [-0.25, -0.2) is 0 Å². The summed E-state index contributed by atoms with van der Waals surface area (Å²) in [5.41, 5.74) is 2.55. The first-order valence-corrected chi connectivity index (χ1v) is 6.33. The van der Waals surface area contributed by atoms with Crippen LogP contribution >= 0.6 is 0 Å². The zero-order chi connectivity index (χ0) is 14.1. The van der Waals surface area contributed by atoms with Crippen LogP contribution in [-0.2, 0) is 6.42 Å². The predicted molar refractivity (Wildman–Crippen MR) is 75.2 cm³/mol. The molecule has 1 aliphatic carbocycles. The Labute approximate surface area is 116 Å². The van der Waals surface area contributed by atoms with Gasteiger partial charge in [0.05, 0.1) is 6.26 Å². The molecule has 0 spiro atoms. The van der Waals surface area contributed by atoms with E-state index in [0.717, 1.165) is 11.8 Å². The van der Waals surface area contributed by atoms with Gasteiger partial charge in [0.1, 0.15) is 0 Å². The van der Waals surface area contributed by atoms with Gasteiger partial charge in [0.15, 0.2) is 11.6 Å². The summed E-state index contributed by atoms with van der Waals surface area (Å²) in [4.78, 5) is 25.1. The Morgan fingerprint density at radius 1 is 0.850 bits per heavy atom. The maximum Gasteiger partial charge on any atom is 0.194 e. The number of aliphatic hydroxyl groups excluding tert-OH is 1. The summed E-state index contributed by atoms with van der Waals surface area (Å²) in [5, 5.41) is 8.77. The van der Waals surface area contributed by atoms with Gasteiger partial charge < -0.3 is 5.11 Å². The average molecular weight is 264 g/mol. The Hall–Kier alpha value is -2.68. The van der Waals surface area contributed by atoms with Crippen LogP contribution in [0.3, 0.4) is 0 Å². The fourth-order valence-corrected chi connectivity index (χ4v) is 2.57. The number of ketones is 2. The number of rotatable bonds is 2. The third-order valence-corrected chi connectivity index (χ3v) is 3.48. The Kier molecular flexibility index (Phi) is 2.95. The van der Waals surface area contributed by atoms with Gasteiger partial charge in [-0.2, -0.15) is 0 Å². The Morgan fingerprint density at radius 2 is 1.50 bits per heavy atom. The van der Waals surface area contributed by atoms with Gasteiger partial charge in [-0.1, -0.05) is 42.5 Å². The Bertz CT molecular complexity index is 742. The lowest BCUT2D eigenvalue weighted by Gasteiger charge is -2.19. The summed E-state index contributed by atoms with van der Waals surface area (Å²) in [6.45, 7) is 0. The fraction of sp³-hybridized carbons (Fsp3) is 0.0588. The molecule has 3 heteroatoms. The SMILES string of the molecule is O=C1c2ccccc2C(=O)c2c(CC=CO)cccc21. The number of aliphatic hydroxyl groups is 1. The van der Waals surface area contributed by atoms with E-state index in [4.69, 9.17) is 5.11 Å². The third kappa shape index (κ3) is 1.75. The molecule has 3 rings (SSSR count). The molecular weight excluding hydrogens is 252 g/mol. The molecule has 0 saturated carbocycles.